The number of ether oxygens (including phenoxy) is 2. The van der Waals surface area contributed by atoms with Crippen LogP contribution in [0.3, 0.4) is 0 Å². The van der Waals surface area contributed by atoms with Gasteiger partial charge in [0.05, 0.1) is 17.8 Å². The lowest BCUT2D eigenvalue weighted by Crippen LogP contribution is -2.65. The minimum atomic E-state index is -1.31. The lowest BCUT2D eigenvalue weighted by molar-refractivity contribution is -0.220. The van der Waals surface area contributed by atoms with Gasteiger partial charge in [0.1, 0.15) is 12.2 Å². The van der Waals surface area contributed by atoms with Crippen LogP contribution in [0.25, 0.3) is 0 Å². The number of hydrogen-bond acceptors (Lipinski definition) is 7. The summed E-state index contributed by atoms with van der Waals surface area (Å²) in [4.78, 5) is 11.9. The topological polar surface area (TPSA) is 116 Å². The zero-order chi connectivity index (χ0) is 28.9. The number of esters is 1. The molecule has 0 aromatic rings. The smallest absolute Gasteiger partial charge is 0.302 e. The van der Waals surface area contributed by atoms with Gasteiger partial charge in [0.25, 0.3) is 0 Å². The molecule has 1 aliphatic heterocycles. The number of carbonyl (C=O) groups excluding carboxylic acids is 1. The van der Waals surface area contributed by atoms with E-state index in [1.165, 1.54) is 12.5 Å². The number of aliphatic hydroxyl groups excluding tert-OH is 3. The summed E-state index contributed by atoms with van der Waals surface area (Å²) in [5.74, 6) is 0.321. The van der Waals surface area contributed by atoms with Gasteiger partial charge in [0, 0.05) is 23.7 Å². The van der Waals surface area contributed by atoms with Gasteiger partial charge >= 0.3 is 5.97 Å². The number of allylic oxidation sites excluding steroid dienone is 1. The van der Waals surface area contributed by atoms with Gasteiger partial charge < -0.3 is 29.9 Å². The molecule has 0 radical (unpaired) electrons. The van der Waals surface area contributed by atoms with Crippen molar-refractivity contribution < 1.29 is 34.7 Å². The van der Waals surface area contributed by atoms with Crippen LogP contribution in [0.5, 0.6) is 0 Å². The van der Waals surface area contributed by atoms with Crippen molar-refractivity contribution in [3.05, 3.63) is 11.6 Å². The molecule has 1 heterocycles. The Hall–Kier alpha value is -0.990. The van der Waals surface area contributed by atoms with Crippen molar-refractivity contribution >= 4 is 5.97 Å². The monoisotopic (exact) mass is 548 g/mol. The Kier molecular flexibility index (Phi) is 7.00. The van der Waals surface area contributed by atoms with Crippen LogP contribution in [0.15, 0.2) is 11.6 Å². The first-order valence-electron chi connectivity index (χ1n) is 15.2. The minimum Gasteiger partial charge on any atom is -0.462 e. The number of hydrogen-bond donors (Lipinski definition) is 4. The number of fused-ring (bicyclic) bond motifs is 5. The molecular weight excluding hydrogens is 496 g/mol. The van der Waals surface area contributed by atoms with E-state index in [4.69, 9.17) is 9.47 Å². The number of aliphatic hydroxyl groups is 4. The highest BCUT2D eigenvalue weighted by molar-refractivity contribution is 5.66. The lowest BCUT2D eigenvalue weighted by atomic mass is 9.37. The van der Waals surface area contributed by atoms with Crippen molar-refractivity contribution in [3.8, 4) is 0 Å². The van der Waals surface area contributed by atoms with Crippen molar-refractivity contribution in [2.75, 3.05) is 0 Å². The summed E-state index contributed by atoms with van der Waals surface area (Å²) in [7, 11) is 0. The van der Waals surface area contributed by atoms with Crippen LogP contribution < -0.4 is 0 Å². The van der Waals surface area contributed by atoms with Crippen LogP contribution in [-0.4, -0.2) is 62.7 Å². The molecule has 1 saturated heterocycles. The second-order valence-electron chi connectivity index (χ2n) is 15.6. The molecule has 4 fully saturated rings. The molecular formula is C32H52O7. The van der Waals surface area contributed by atoms with Crippen LogP contribution >= 0.6 is 0 Å². The summed E-state index contributed by atoms with van der Waals surface area (Å²) in [6.07, 6.45) is 4.85. The quantitative estimate of drug-likeness (QED) is 0.305. The second-order valence-corrected chi connectivity index (χ2v) is 15.6. The molecule has 5 aliphatic rings. The molecule has 3 saturated carbocycles. The van der Waals surface area contributed by atoms with Crippen molar-refractivity contribution in [1.29, 1.82) is 0 Å². The highest BCUT2D eigenvalue weighted by Gasteiger charge is 2.69. The van der Waals surface area contributed by atoms with Crippen LogP contribution in [0.1, 0.15) is 100 Å². The van der Waals surface area contributed by atoms with Crippen LogP contribution in [0.4, 0.5) is 0 Å². The zero-order valence-corrected chi connectivity index (χ0v) is 25.2. The summed E-state index contributed by atoms with van der Waals surface area (Å²) < 4.78 is 11.6. The Morgan fingerprint density at radius 1 is 1.08 bits per heavy atom. The third-order valence-electron chi connectivity index (χ3n) is 12.8. The fourth-order valence-corrected chi connectivity index (χ4v) is 10.8. The first-order chi connectivity index (χ1) is 17.9. The summed E-state index contributed by atoms with van der Waals surface area (Å²) in [6, 6.07) is 0. The summed E-state index contributed by atoms with van der Waals surface area (Å²) >= 11 is 0. The lowest BCUT2D eigenvalue weighted by Gasteiger charge is -2.68. The number of rotatable bonds is 4. The van der Waals surface area contributed by atoms with Gasteiger partial charge in [0.2, 0.25) is 0 Å². The molecule has 0 bridgehead atoms. The van der Waals surface area contributed by atoms with Crippen molar-refractivity contribution in [3.63, 3.8) is 0 Å². The predicted molar refractivity (Wildman–Crippen MR) is 147 cm³/mol. The van der Waals surface area contributed by atoms with E-state index in [1.54, 1.807) is 13.8 Å². The molecule has 7 nitrogen and oxygen atoms in total. The predicted octanol–water partition coefficient (Wildman–Crippen LogP) is 4.35. The van der Waals surface area contributed by atoms with E-state index >= 15 is 0 Å². The molecule has 0 amide bonds. The van der Waals surface area contributed by atoms with Crippen molar-refractivity contribution in [2.45, 2.75) is 137 Å². The van der Waals surface area contributed by atoms with E-state index < -0.39 is 30.2 Å². The molecule has 39 heavy (non-hydrogen) atoms. The van der Waals surface area contributed by atoms with E-state index in [1.807, 2.05) is 0 Å². The first-order valence-corrected chi connectivity index (χ1v) is 15.2. The van der Waals surface area contributed by atoms with E-state index in [0.29, 0.717) is 18.8 Å². The fraction of sp³-hybridized carbons (Fsp3) is 0.906. The van der Waals surface area contributed by atoms with Gasteiger partial charge in [-0.3, -0.25) is 4.79 Å². The molecule has 0 aromatic carbocycles. The summed E-state index contributed by atoms with van der Waals surface area (Å²) in [5.41, 5.74) is -0.727. The molecule has 5 rings (SSSR count). The van der Waals surface area contributed by atoms with Gasteiger partial charge in [-0.1, -0.05) is 46.3 Å². The van der Waals surface area contributed by atoms with Crippen LogP contribution in [-0.2, 0) is 14.3 Å². The Morgan fingerprint density at radius 2 is 1.74 bits per heavy atom. The molecule has 222 valence electrons. The van der Waals surface area contributed by atoms with E-state index in [-0.39, 0.29) is 51.5 Å². The van der Waals surface area contributed by atoms with Crippen LogP contribution in [0, 0.1) is 45.3 Å². The Bertz CT molecular complexity index is 1010. The maximum Gasteiger partial charge on any atom is 0.302 e. The van der Waals surface area contributed by atoms with Gasteiger partial charge in [-0.15, -0.1) is 0 Å². The molecule has 7 heteroatoms. The Morgan fingerprint density at radius 3 is 2.36 bits per heavy atom. The van der Waals surface area contributed by atoms with Gasteiger partial charge in [-0.2, -0.15) is 0 Å². The van der Waals surface area contributed by atoms with E-state index in [9.17, 15) is 25.2 Å². The molecule has 4 N–H and O–H groups in total. The average molecular weight is 549 g/mol. The second kappa shape index (κ2) is 9.26. The third-order valence-corrected chi connectivity index (χ3v) is 12.8. The van der Waals surface area contributed by atoms with Crippen molar-refractivity contribution in [2.24, 2.45) is 45.3 Å². The van der Waals surface area contributed by atoms with E-state index in [0.717, 1.165) is 32.1 Å². The Balaban J connectivity index is 1.42. The summed E-state index contributed by atoms with van der Waals surface area (Å²) in [5, 5.41) is 44.0. The maximum atomic E-state index is 12.0. The van der Waals surface area contributed by atoms with E-state index in [2.05, 4.69) is 40.7 Å². The highest BCUT2D eigenvalue weighted by Crippen LogP contribution is 2.73. The molecule has 0 spiro atoms. The fourth-order valence-electron chi connectivity index (χ4n) is 10.8. The van der Waals surface area contributed by atoms with Gasteiger partial charge in [0.15, 0.2) is 6.29 Å². The normalized spacial score (nSPS) is 49.9. The zero-order valence-electron chi connectivity index (χ0n) is 25.2. The van der Waals surface area contributed by atoms with Gasteiger partial charge in [-0.05, 0) is 87.4 Å². The van der Waals surface area contributed by atoms with Gasteiger partial charge in [-0.25, -0.2) is 0 Å². The largest absolute Gasteiger partial charge is 0.462 e. The average Bonchev–Trinajstić information content (AvgIpc) is 3.36. The molecule has 12 atom stereocenters. The standard InChI is InChI=1S/C32H52O7/c1-17(33)38-25-12-14-31(7)22-11-13-30(6)19(18-15-20(39-27(18)36)26(35)29(4,5)37)9-10-21(30)32(22,8)24(34)16-23(31)28(25,2)3/h10,18-20,22-27,34-37H,9,11-16H2,1-8H3/t18-,19-,20+,22-,23+,24+,25+,26-,27+,30-,31+,32-/m0/s1. The maximum absolute atomic E-state index is 12.0. The number of carbonyl (C=O) groups is 1. The third kappa shape index (κ3) is 4.19. The SMILES string of the molecule is CC(=O)O[C@@H]1CC[C@@]2(C)[C@H](C[C@@H](O)[C@@]3(C)C4=CC[C@@H]([C@@H]5C[C@H]([C@H](O)C(C)(C)O)O[C@H]5O)[C@]4(C)CC[C@@H]23)C1(C)C. The minimum absolute atomic E-state index is 0.0201. The van der Waals surface area contributed by atoms with Crippen LogP contribution in [0.2, 0.25) is 0 Å². The Labute approximate surface area is 234 Å². The highest BCUT2D eigenvalue weighted by atomic mass is 16.6. The molecule has 0 unspecified atom stereocenters. The summed E-state index contributed by atoms with van der Waals surface area (Å²) in [6.45, 7) is 16.1. The molecule has 4 aliphatic carbocycles. The molecule has 0 aromatic heterocycles. The van der Waals surface area contributed by atoms with Crippen molar-refractivity contribution in [1.82, 2.24) is 0 Å². The first kappa shape index (κ1) is 29.5.